The molecule has 1 heterocycles. The summed E-state index contributed by atoms with van der Waals surface area (Å²) in [5.41, 5.74) is 0.620. The number of carbonyl (C=O) groups is 2. The number of imide groups is 1. The highest BCUT2D eigenvalue weighted by Gasteiger charge is 2.34. The zero-order valence-corrected chi connectivity index (χ0v) is 12.2. The van der Waals surface area contributed by atoms with Gasteiger partial charge in [-0.2, -0.15) is 0 Å². The highest BCUT2D eigenvalue weighted by Crippen LogP contribution is 2.29. The zero-order chi connectivity index (χ0) is 16.6. The van der Waals surface area contributed by atoms with Gasteiger partial charge in [-0.05, 0) is 37.3 Å². The number of rotatable bonds is 4. The first-order chi connectivity index (χ1) is 11.0. The second kappa shape index (κ2) is 5.53. The van der Waals surface area contributed by atoms with Gasteiger partial charge in [-0.1, -0.05) is 0 Å². The minimum atomic E-state index is -0.497. The molecule has 2 aromatic rings. The summed E-state index contributed by atoms with van der Waals surface area (Å²) in [5.74, 6) is 0.132. The summed E-state index contributed by atoms with van der Waals surface area (Å²) in [4.78, 5) is 35.4. The number of amides is 2. The molecule has 0 aromatic heterocycles. The molecule has 7 nitrogen and oxygen atoms in total. The van der Waals surface area contributed by atoms with Gasteiger partial charge in [-0.3, -0.25) is 24.6 Å². The number of hydrogen-bond donors (Lipinski definition) is 0. The maximum Gasteiger partial charge on any atom is 0.269 e. The van der Waals surface area contributed by atoms with Crippen molar-refractivity contribution in [1.29, 1.82) is 0 Å². The third-order valence-electron chi connectivity index (χ3n) is 3.54. The predicted octanol–water partition coefficient (Wildman–Crippen LogP) is 3.00. The van der Waals surface area contributed by atoms with Crippen LogP contribution < -0.4 is 4.74 Å². The van der Waals surface area contributed by atoms with Crippen LogP contribution in [-0.2, 0) is 0 Å². The molecular formula is C16H12N2O5. The van der Waals surface area contributed by atoms with Gasteiger partial charge in [0.15, 0.2) is 0 Å². The number of non-ortho nitro benzene ring substituents is 1. The summed E-state index contributed by atoms with van der Waals surface area (Å²) in [5, 5.41) is 10.6. The van der Waals surface area contributed by atoms with E-state index in [0.29, 0.717) is 29.2 Å². The zero-order valence-electron chi connectivity index (χ0n) is 12.2. The Bertz CT molecular complexity index is 814. The van der Waals surface area contributed by atoms with Gasteiger partial charge >= 0.3 is 0 Å². The molecule has 0 saturated carbocycles. The highest BCUT2D eigenvalue weighted by molar-refractivity contribution is 6.21. The minimum Gasteiger partial charge on any atom is -0.457 e. The molecule has 0 bridgehead atoms. The van der Waals surface area contributed by atoms with E-state index in [1.807, 2.05) is 0 Å². The molecule has 0 atom stereocenters. The van der Waals surface area contributed by atoms with Crippen molar-refractivity contribution in [2.24, 2.45) is 0 Å². The Labute approximate surface area is 131 Å². The first-order valence-electron chi connectivity index (χ1n) is 6.94. The van der Waals surface area contributed by atoms with Crippen molar-refractivity contribution in [3.63, 3.8) is 0 Å². The lowest BCUT2D eigenvalue weighted by atomic mass is 10.1. The molecule has 1 aliphatic rings. The molecule has 0 fully saturated rings. The minimum absolute atomic E-state index is 0.0364. The van der Waals surface area contributed by atoms with Crippen LogP contribution in [0.25, 0.3) is 0 Å². The molecule has 3 rings (SSSR count). The average Bonchev–Trinajstić information content (AvgIpc) is 2.78. The first kappa shape index (κ1) is 14.7. The molecule has 0 spiro atoms. The molecule has 0 N–H and O–H groups in total. The molecule has 1 aliphatic heterocycles. The van der Waals surface area contributed by atoms with E-state index in [9.17, 15) is 19.7 Å². The molecule has 23 heavy (non-hydrogen) atoms. The molecule has 0 saturated heterocycles. The van der Waals surface area contributed by atoms with Crippen molar-refractivity contribution in [2.45, 2.75) is 6.92 Å². The largest absolute Gasteiger partial charge is 0.457 e. The molecule has 0 aliphatic carbocycles. The van der Waals surface area contributed by atoms with Gasteiger partial charge in [-0.25, -0.2) is 0 Å². The van der Waals surface area contributed by atoms with Crippen LogP contribution in [0.5, 0.6) is 11.5 Å². The Morgan fingerprint density at radius 3 is 2.22 bits per heavy atom. The normalized spacial score (nSPS) is 13.2. The summed E-state index contributed by atoms with van der Waals surface area (Å²) >= 11 is 0. The summed E-state index contributed by atoms with van der Waals surface area (Å²) in [6.45, 7) is 2.04. The number of hydrogen-bond acceptors (Lipinski definition) is 5. The smallest absolute Gasteiger partial charge is 0.269 e. The van der Waals surface area contributed by atoms with E-state index in [4.69, 9.17) is 4.74 Å². The van der Waals surface area contributed by atoms with Crippen molar-refractivity contribution >= 4 is 17.5 Å². The van der Waals surface area contributed by atoms with Gasteiger partial charge in [-0.15, -0.1) is 0 Å². The van der Waals surface area contributed by atoms with E-state index in [-0.39, 0.29) is 17.5 Å². The Kier molecular flexibility index (Phi) is 3.53. The second-order valence-corrected chi connectivity index (χ2v) is 4.92. The average molecular weight is 312 g/mol. The molecule has 0 radical (unpaired) electrons. The van der Waals surface area contributed by atoms with Gasteiger partial charge in [0.25, 0.3) is 17.5 Å². The van der Waals surface area contributed by atoms with Crippen LogP contribution in [-0.4, -0.2) is 28.2 Å². The maximum absolute atomic E-state index is 12.1. The van der Waals surface area contributed by atoms with E-state index in [1.165, 1.54) is 35.2 Å². The number of nitro benzene ring substituents is 1. The number of benzene rings is 2. The number of ether oxygens (including phenoxy) is 1. The van der Waals surface area contributed by atoms with E-state index in [0.717, 1.165) is 0 Å². The van der Waals surface area contributed by atoms with Crippen molar-refractivity contribution in [3.05, 3.63) is 63.7 Å². The van der Waals surface area contributed by atoms with Crippen molar-refractivity contribution < 1.29 is 19.2 Å². The molecule has 2 amide bonds. The number of carbonyl (C=O) groups excluding carboxylic acids is 2. The fraction of sp³-hybridized carbons (Fsp3) is 0.125. The van der Waals surface area contributed by atoms with Gasteiger partial charge < -0.3 is 4.74 Å². The Morgan fingerprint density at radius 2 is 1.61 bits per heavy atom. The summed E-state index contributed by atoms with van der Waals surface area (Å²) in [6.07, 6.45) is 0. The topological polar surface area (TPSA) is 89.8 Å². The summed E-state index contributed by atoms with van der Waals surface area (Å²) in [7, 11) is 0. The lowest BCUT2D eigenvalue weighted by molar-refractivity contribution is -0.384. The number of nitro groups is 1. The van der Waals surface area contributed by atoms with Crippen LogP contribution >= 0.6 is 0 Å². The molecular weight excluding hydrogens is 300 g/mol. The third-order valence-corrected chi connectivity index (χ3v) is 3.54. The number of fused-ring (bicyclic) bond motifs is 1. The Hall–Kier alpha value is -3.22. The molecule has 116 valence electrons. The Balaban J connectivity index is 1.86. The van der Waals surface area contributed by atoms with Gasteiger partial charge in [0.1, 0.15) is 11.5 Å². The summed E-state index contributed by atoms with van der Waals surface area (Å²) in [6, 6.07) is 10.2. The van der Waals surface area contributed by atoms with Crippen LogP contribution in [0.2, 0.25) is 0 Å². The fourth-order valence-corrected chi connectivity index (χ4v) is 2.39. The van der Waals surface area contributed by atoms with Gasteiger partial charge in [0.2, 0.25) is 0 Å². The summed E-state index contributed by atoms with van der Waals surface area (Å²) < 4.78 is 5.59. The van der Waals surface area contributed by atoms with Crippen LogP contribution in [0.4, 0.5) is 5.69 Å². The molecule has 0 unspecified atom stereocenters. The van der Waals surface area contributed by atoms with Gasteiger partial charge in [0.05, 0.1) is 16.1 Å². The van der Waals surface area contributed by atoms with Crippen LogP contribution in [0.1, 0.15) is 27.6 Å². The predicted molar refractivity (Wildman–Crippen MR) is 80.7 cm³/mol. The quantitative estimate of drug-likeness (QED) is 0.492. The van der Waals surface area contributed by atoms with Crippen molar-refractivity contribution in [3.8, 4) is 11.5 Å². The highest BCUT2D eigenvalue weighted by atomic mass is 16.6. The standard InChI is InChI=1S/C16H12N2O5/c1-2-17-15(19)13-8-7-12(9-14(13)16(17)20)23-11-5-3-10(4-6-11)18(21)22/h3-9H,2H2,1H3. The molecule has 7 heteroatoms. The van der Waals surface area contributed by atoms with Crippen LogP contribution in [0, 0.1) is 10.1 Å². The lowest BCUT2D eigenvalue weighted by Crippen LogP contribution is -2.29. The third kappa shape index (κ3) is 2.52. The maximum atomic E-state index is 12.1. The SMILES string of the molecule is CCN1C(=O)c2ccc(Oc3ccc([N+](=O)[O-])cc3)cc2C1=O. The van der Waals surface area contributed by atoms with E-state index in [2.05, 4.69) is 0 Å². The van der Waals surface area contributed by atoms with Crippen LogP contribution in [0.3, 0.4) is 0 Å². The number of nitrogens with zero attached hydrogens (tertiary/aromatic N) is 2. The molecule has 2 aromatic carbocycles. The van der Waals surface area contributed by atoms with Crippen molar-refractivity contribution in [1.82, 2.24) is 4.90 Å². The first-order valence-corrected chi connectivity index (χ1v) is 6.94. The fourth-order valence-electron chi connectivity index (χ4n) is 2.39. The van der Waals surface area contributed by atoms with Gasteiger partial charge in [0, 0.05) is 18.7 Å². The van der Waals surface area contributed by atoms with E-state index in [1.54, 1.807) is 19.1 Å². The van der Waals surface area contributed by atoms with Crippen LogP contribution in [0.15, 0.2) is 42.5 Å². The lowest BCUT2D eigenvalue weighted by Gasteiger charge is -2.08. The van der Waals surface area contributed by atoms with E-state index < -0.39 is 4.92 Å². The van der Waals surface area contributed by atoms with E-state index >= 15 is 0 Å². The second-order valence-electron chi connectivity index (χ2n) is 4.92. The monoisotopic (exact) mass is 312 g/mol. The Morgan fingerprint density at radius 1 is 1.00 bits per heavy atom. The van der Waals surface area contributed by atoms with Crippen molar-refractivity contribution in [2.75, 3.05) is 6.54 Å².